The molecule has 0 saturated heterocycles. The minimum absolute atomic E-state index is 0.158. The second kappa shape index (κ2) is 4.24. The van der Waals surface area contributed by atoms with Crippen LogP contribution in [0.1, 0.15) is 0 Å². The highest BCUT2D eigenvalue weighted by Gasteiger charge is 2.06. The van der Waals surface area contributed by atoms with Crippen LogP contribution in [0.2, 0.25) is 0 Å². The molecule has 1 aromatic carbocycles. The van der Waals surface area contributed by atoms with E-state index in [1.54, 1.807) is 18.2 Å². The van der Waals surface area contributed by atoms with Crippen LogP contribution in [0.3, 0.4) is 0 Å². The normalized spacial score (nSPS) is 9.93. The zero-order valence-corrected chi connectivity index (χ0v) is 8.62. The SMILES string of the molecule is O=c1c2ccccc2on1CC#CCCl. The number of fused-ring (bicyclic) bond motifs is 1. The van der Waals surface area contributed by atoms with Gasteiger partial charge in [-0.2, -0.15) is 4.74 Å². The van der Waals surface area contributed by atoms with E-state index >= 15 is 0 Å². The standard InChI is InChI=1S/C11H8ClNO2/c12-7-3-4-8-13-11(14)9-5-1-2-6-10(9)15-13/h1-2,5-6H,7-8H2. The summed E-state index contributed by atoms with van der Waals surface area (Å²) in [6.07, 6.45) is 0. The number of aromatic nitrogens is 1. The van der Waals surface area contributed by atoms with E-state index in [1.807, 2.05) is 6.07 Å². The molecule has 0 atom stereocenters. The number of para-hydroxylation sites is 1. The lowest BCUT2D eigenvalue weighted by molar-refractivity contribution is 0.308. The molecule has 2 aromatic rings. The number of hydrogen-bond donors (Lipinski definition) is 0. The summed E-state index contributed by atoms with van der Waals surface area (Å²) in [5, 5.41) is 0.574. The summed E-state index contributed by atoms with van der Waals surface area (Å²) in [6, 6.07) is 7.10. The van der Waals surface area contributed by atoms with Crippen LogP contribution in [-0.4, -0.2) is 10.6 Å². The molecule has 0 radical (unpaired) electrons. The van der Waals surface area contributed by atoms with Gasteiger partial charge in [-0.1, -0.05) is 24.0 Å². The summed E-state index contributed by atoms with van der Waals surface area (Å²) in [7, 11) is 0. The Balaban J connectivity index is 2.45. The van der Waals surface area contributed by atoms with Gasteiger partial charge in [-0.05, 0) is 12.1 Å². The van der Waals surface area contributed by atoms with E-state index in [1.165, 1.54) is 4.74 Å². The fraction of sp³-hybridized carbons (Fsp3) is 0.182. The highest BCUT2D eigenvalue weighted by molar-refractivity contribution is 6.19. The van der Waals surface area contributed by atoms with Gasteiger partial charge in [-0.15, -0.1) is 11.6 Å². The maximum atomic E-state index is 11.7. The lowest BCUT2D eigenvalue weighted by atomic mass is 10.3. The number of nitrogens with zero attached hydrogens (tertiary/aromatic N) is 1. The molecule has 0 N–H and O–H groups in total. The van der Waals surface area contributed by atoms with E-state index in [0.29, 0.717) is 11.0 Å². The Labute approximate surface area is 91.2 Å². The van der Waals surface area contributed by atoms with Crippen LogP contribution in [0, 0.1) is 11.8 Å². The molecular formula is C11H8ClNO2. The number of halogens is 1. The van der Waals surface area contributed by atoms with Gasteiger partial charge in [-0.25, -0.2) is 0 Å². The van der Waals surface area contributed by atoms with Crippen LogP contribution >= 0.6 is 11.6 Å². The number of benzene rings is 1. The van der Waals surface area contributed by atoms with E-state index in [0.717, 1.165) is 0 Å². The number of hydrogen-bond acceptors (Lipinski definition) is 2. The molecule has 0 aliphatic rings. The molecule has 0 fully saturated rings. The maximum absolute atomic E-state index is 11.7. The Morgan fingerprint density at radius 1 is 1.33 bits per heavy atom. The minimum Gasteiger partial charge on any atom is -0.375 e. The van der Waals surface area contributed by atoms with Gasteiger partial charge in [0.05, 0.1) is 11.3 Å². The second-order valence-corrected chi connectivity index (χ2v) is 3.18. The van der Waals surface area contributed by atoms with Crippen LogP contribution in [0.25, 0.3) is 11.0 Å². The van der Waals surface area contributed by atoms with Gasteiger partial charge in [0.25, 0.3) is 5.56 Å². The zero-order valence-electron chi connectivity index (χ0n) is 7.87. The molecule has 3 nitrogen and oxygen atoms in total. The first-order valence-electron chi connectivity index (χ1n) is 4.43. The summed E-state index contributed by atoms with van der Waals surface area (Å²) >= 11 is 5.39. The molecular weight excluding hydrogens is 214 g/mol. The first-order chi connectivity index (χ1) is 7.33. The molecule has 1 aromatic heterocycles. The quantitative estimate of drug-likeness (QED) is 0.544. The van der Waals surface area contributed by atoms with Gasteiger partial charge in [0.2, 0.25) is 0 Å². The summed E-state index contributed by atoms with van der Waals surface area (Å²) < 4.78 is 6.53. The molecule has 0 spiro atoms. The molecule has 2 rings (SSSR count). The summed E-state index contributed by atoms with van der Waals surface area (Å²) in [6.45, 7) is 0.236. The van der Waals surface area contributed by atoms with Crippen LogP contribution in [-0.2, 0) is 6.54 Å². The van der Waals surface area contributed by atoms with Crippen molar-refractivity contribution < 1.29 is 4.52 Å². The average molecular weight is 222 g/mol. The van der Waals surface area contributed by atoms with Crippen LogP contribution in [0.15, 0.2) is 33.6 Å². The second-order valence-electron chi connectivity index (χ2n) is 2.92. The van der Waals surface area contributed by atoms with Crippen molar-refractivity contribution in [2.75, 3.05) is 5.88 Å². The molecule has 1 heterocycles. The van der Waals surface area contributed by atoms with Gasteiger partial charge in [0.15, 0.2) is 5.58 Å². The summed E-state index contributed by atoms with van der Waals surface area (Å²) in [5.41, 5.74) is 0.421. The lowest BCUT2D eigenvalue weighted by Crippen LogP contribution is -2.13. The molecule has 0 amide bonds. The predicted molar refractivity (Wildman–Crippen MR) is 59.0 cm³/mol. The largest absolute Gasteiger partial charge is 0.375 e. The molecule has 0 aliphatic heterocycles. The smallest absolute Gasteiger partial charge is 0.291 e. The fourth-order valence-corrected chi connectivity index (χ4v) is 1.39. The molecule has 0 unspecified atom stereocenters. The van der Waals surface area contributed by atoms with Crippen molar-refractivity contribution in [1.82, 2.24) is 4.74 Å². The van der Waals surface area contributed by atoms with Crippen molar-refractivity contribution in [2.45, 2.75) is 6.54 Å². The van der Waals surface area contributed by atoms with Crippen LogP contribution in [0.4, 0.5) is 0 Å². The van der Waals surface area contributed by atoms with Gasteiger partial charge < -0.3 is 4.52 Å². The molecule has 15 heavy (non-hydrogen) atoms. The van der Waals surface area contributed by atoms with Crippen molar-refractivity contribution in [1.29, 1.82) is 0 Å². The summed E-state index contributed by atoms with van der Waals surface area (Å²) in [5.74, 6) is 5.66. The van der Waals surface area contributed by atoms with Crippen molar-refractivity contribution in [3.05, 3.63) is 34.6 Å². The van der Waals surface area contributed by atoms with Gasteiger partial charge in [0.1, 0.15) is 6.54 Å². The zero-order chi connectivity index (χ0) is 10.7. The molecule has 0 saturated carbocycles. The first kappa shape index (κ1) is 9.88. The lowest BCUT2D eigenvalue weighted by Gasteiger charge is -1.88. The van der Waals surface area contributed by atoms with E-state index in [9.17, 15) is 4.79 Å². The van der Waals surface area contributed by atoms with Crippen molar-refractivity contribution in [3.8, 4) is 11.8 Å². The minimum atomic E-state index is -0.158. The molecule has 0 aliphatic carbocycles. The van der Waals surface area contributed by atoms with Crippen LogP contribution in [0.5, 0.6) is 0 Å². The monoisotopic (exact) mass is 221 g/mol. The third kappa shape index (κ3) is 1.90. The molecule has 76 valence electrons. The van der Waals surface area contributed by atoms with E-state index in [2.05, 4.69) is 11.8 Å². The van der Waals surface area contributed by atoms with Crippen molar-refractivity contribution in [2.24, 2.45) is 0 Å². The van der Waals surface area contributed by atoms with Gasteiger partial charge in [0, 0.05) is 0 Å². The third-order valence-corrected chi connectivity index (χ3v) is 2.10. The Hall–Kier alpha value is -1.66. The third-order valence-electron chi connectivity index (χ3n) is 1.97. The number of alkyl halides is 1. The highest BCUT2D eigenvalue weighted by atomic mass is 35.5. The summed E-state index contributed by atoms with van der Waals surface area (Å²) in [4.78, 5) is 11.7. The maximum Gasteiger partial charge on any atom is 0.291 e. The van der Waals surface area contributed by atoms with E-state index < -0.39 is 0 Å². The Morgan fingerprint density at radius 2 is 2.13 bits per heavy atom. The van der Waals surface area contributed by atoms with E-state index in [-0.39, 0.29) is 18.0 Å². The highest BCUT2D eigenvalue weighted by Crippen LogP contribution is 2.08. The molecule has 0 bridgehead atoms. The van der Waals surface area contributed by atoms with Gasteiger partial charge >= 0.3 is 0 Å². The van der Waals surface area contributed by atoms with E-state index in [4.69, 9.17) is 16.1 Å². The topological polar surface area (TPSA) is 35.1 Å². The fourth-order valence-electron chi connectivity index (χ4n) is 1.30. The Morgan fingerprint density at radius 3 is 2.87 bits per heavy atom. The van der Waals surface area contributed by atoms with Crippen LogP contribution < -0.4 is 5.56 Å². The first-order valence-corrected chi connectivity index (χ1v) is 4.97. The van der Waals surface area contributed by atoms with Gasteiger partial charge in [-0.3, -0.25) is 4.79 Å². The Kier molecular flexibility index (Phi) is 2.79. The number of rotatable bonds is 1. The van der Waals surface area contributed by atoms with Crippen molar-refractivity contribution >= 4 is 22.6 Å². The molecule has 4 heteroatoms. The Bertz CT molecular complexity index is 586. The van der Waals surface area contributed by atoms with Crippen molar-refractivity contribution in [3.63, 3.8) is 0 Å². The predicted octanol–water partition coefficient (Wildman–Crippen LogP) is 1.84. The average Bonchev–Trinajstić information content (AvgIpc) is 2.57.